The average Bonchev–Trinajstić information content (AvgIpc) is 2.72. The lowest BCUT2D eigenvalue weighted by atomic mass is 10.3. The lowest BCUT2D eigenvalue weighted by Crippen LogP contribution is -2.37. The van der Waals surface area contributed by atoms with Gasteiger partial charge in [0.25, 0.3) is 5.91 Å². The first-order valence-electron chi connectivity index (χ1n) is 4.62. The van der Waals surface area contributed by atoms with E-state index in [0.717, 1.165) is 12.8 Å². The van der Waals surface area contributed by atoms with Gasteiger partial charge in [0.05, 0.1) is 6.61 Å². The zero-order chi connectivity index (χ0) is 9.80. The number of aromatic nitrogens is 3. The summed E-state index contributed by atoms with van der Waals surface area (Å²) in [5, 5.41) is 5.26. The first-order valence-corrected chi connectivity index (χ1v) is 4.62. The molecule has 6 nitrogen and oxygen atoms in total. The van der Waals surface area contributed by atoms with E-state index in [1.807, 2.05) is 0 Å². The van der Waals surface area contributed by atoms with Gasteiger partial charge < -0.3 is 0 Å². The molecule has 0 unspecified atom stereocenters. The fourth-order valence-corrected chi connectivity index (χ4v) is 1.33. The van der Waals surface area contributed by atoms with Crippen LogP contribution >= 0.6 is 0 Å². The predicted octanol–water partition coefficient (Wildman–Crippen LogP) is -0.168. The van der Waals surface area contributed by atoms with Crippen LogP contribution < -0.4 is 0 Å². The van der Waals surface area contributed by atoms with Crippen molar-refractivity contribution in [1.82, 2.24) is 19.8 Å². The van der Waals surface area contributed by atoms with Crippen molar-refractivity contribution in [3.8, 4) is 0 Å². The number of nitrogens with zero attached hydrogens (tertiary/aromatic N) is 4. The molecule has 76 valence electrons. The van der Waals surface area contributed by atoms with E-state index < -0.39 is 0 Å². The zero-order valence-electron chi connectivity index (χ0n) is 7.80. The van der Waals surface area contributed by atoms with E-state index in [-0.39, 0.29) is 12.5 Å². The van der Waals surface area contributed by atoms with Crippen LogP contribution in [0.5, 0.6) is 0 Å². The van der Waals surface area contributed by atoms with Gasteiger partial charge in [0.2, 0.25) is 0 Å². The first kappa shape index (κ1) is 9.14. The lowest BCUT2D eigenvalue weighted by molar-refractivity contribution is -0.197. The summed E-state index contributed by atoms with van der Waals surface area (Å²) in [6.07, 6.45) is 4.95. The summed E-state index contributed by atoms with van der Waals surface area (Å²) in [5.41, 5.74) is 0. The molecule has 2 rings (SSSR count). The summed E-state index contributed by atoms with van der Waals surface area (Å²) in [7, 11) is 0. The van der Waals surface area contributed by atoms with Gasteiger partial charge in [-0.15, -0.1) is 0 Å². The van der Waals surface area contributed by atoms with Gasteiger partial charge in [-0.1, -0.05) is 0 Å². The van der Waals surface area contributed by atoms with E-state index in [1.165, 1.54) is 22.4 Å². The molecule has 1 fully saturated rings. The predicted molar refractivity (Wildman–Crippen MR) is 46.9 cm³/mol. The summed E-state index contributed by atoms with van der Waals surface area (Å²) >= 11 is 0. The molecular formula is C8H12N4O2. The van der Waals surface area contributed by atoms with Gasteiger partial charge in [0.15, 0.2) is 0 Å². The van der Waals surface area contributed by atoms with Gasteiger partial charge >= 0.3 is 0 Å². The molecule has 0 atom stereocenters. The minimum Gasteiger partial charge on any atom is -0.271 e. The fraction of sp³-hybridized carbons (Fsp3) is 0.625. The Bertz CT molecular complexity index is 292. The van der Waals surface area contributed by atoms with Crippen LogP contribution in [-0.4, -0.2) is 38.9 Å². The van der Waals surface area contributed by atoms with Crippen LogP contribution in [0.25, 0.3) is 0 Å². The van der Waals surface area contributed by atoms with Crippen molar-refractivity contribution in [2.75, 3.05) is 13.2 Å². The first-order chi connectivity index (χ1) is 6.86. The van der Waals surface area contributed by atoms with Crippen LogP contribution in [0.3, 0.4) is 0 Å². The maximum absolute atomic E-state index is 11.6. The van der Waals surface area contributed by atoms with Gasteiger partial charge in [0.1, 0.15) is 19.2 Å². The molecule has 6 heteroatoms. The van der Waals surface area contributed by atoms with Crippen LogP contribution in [-0.2, 0) is 16.2 Å². The van der Waals surface area contributed by atoms with Crippen molar-refractivity contribution in [2.24, 2.45) is 0 Å². The van der Waals surface area contributed by atoms with E-state index in [2.05, 4.69) is 10.1 Å². The Morgan fingerprint density at radius 2 is 2.43 bits per heavy atom. The van der Waals surface area contributed by atoms with Crippen LogP contribution in [0.1, 0.15) is 12.8 Å². The highest BCUT2D eigenvalue weighted by Crippen LogP contribution is 2.06. The molecule has 1 aliphatic heterocycles. The minimum atomic E-state index is -0.0739. The Kier molecular flexibility index (Phi) is 2.73. The Morgan fingerprint density at radius 1 is 1.50 bits per heavy atom. The second-order valence-electron chi connectivity index (χ2n) is 3.13. The van der Waals surface area contributed by atoms with E-state index in [1.54, 1.807) is 0 Å². The number of rotatable bonds is 2. The highest BCUT2D eigenvalue weighted by Gasteiger charge is 2.17. The van der Waals surface area contributed by atoms with Crippen molar-refractivity contribution in [3.63, 3.8) is 0 Å². The average molecular weight is 196 g/mol. The molecule has 0 radical (unpaired) electrons. The number of carbonyl (C=O) groups is 1. The van der Waals surface area contributed by atoms with Crippen molar-refractivity contribution >= 4 is 5.91 Å². The molecule has 14 heavy (non-hydrogen) atoms. The van der Waals surface area contributed by atoms with Crippen molar-refractivity contribution < 1.29 is 9.63 Å². The third-order valence-electron chi connectivity index (χ3n) is 2.04. The van der Waals surface area contributed by atoms with Crippen LogP contribution in [0, 0.1) is 0 Å². The Balaban J connectivity index is 1.88. The van der Waals surface area contributed by atoms with Crippen LogP contribution in [0.4, 0.5) is 0 Å². The van der Waals surface area contributed by atoms with Crippen LogP contribution in [0.15, 0.2) is 12.7 Å². The molecule has 0 N–H and O–H groups in total. The summed E-state index contributed by atoms with van der Waals surface area (Å²) < 4.78 is 1.49. The topological polar surface area (TPSA) is 60.2 Å². The van der Waals surface area contributed by atoms with E-state index in [9.17, 15) is 4.79 Å². The largest absolute Gasteiger partial charge is 0.271 e. The summed E-state index contributed by atoms with van der Waals surface area (Å²) in [4.78, 5) is 20.5. The molecule has 0 spiro atoms. The molecule has 1 aromatic rings. The van der Waals surface area contributed by atoms with Crippen molar-refractivity contribution in [1.29, 1.82) is 0 Å². The molecule has 1 aromatic heterocycles. The molecule has 0 aromatic carbocycles. The molecule has 0 bridgehead atoms. The highest BCUT2D eigenvalue weighted by molar-refractivity contribution is 5.74. The minimum absolute atomic E-state index is 0.0739. The third kappa shape index (κ3) is 2.08. The lowest BCUT2D eigenvalue weighted by Gasteiger charge is -2.25. The third-order valence-corrected chi connectivity index (χ3v) is 2.04. The van der Waals surface area contributed by atoms with Gasteiger partial charge in [-0.2, -0.15) is 5.10 Å². The van der Waals surface area contributed by atoms with E-state index >= 15 is 0 Å². The number of carbonyl (C=O) groups excluding carboxylic acids is 1. The van der Waals surface area contributed by atoms with Gasteiger partial charge in [-0.3, -0.25) is 9.63 Å². The highest BCUT2D eigenvalue weighted by atomic mass is 16.7. The maximum atomic E-state index is 11.6. The van der Waals surface area contributed by atoms with Gasteiger partial charge in [0, 0.05) is 6.54 Å². The summed E-state index contributed by atoms with van der Waals surface area (Å²) in [5.74, 6) is -0.0739. The van der Waals surface area contributed by atoms with Crippen LogP contribution in [0.2, 0.25) is 0 Å². The van der Waals surface area contributed by atoms with Crippen molar-refractivity contribution in [2.45, 2.75) is 19.4 Å². The number of hydroxylamine groups is 2. The van der Waals surface area contributed by atoms with Gasteiger partial charge in [-0.05, 0) is 12.8 Å². The number of hydrogen-bond acceptors (Lipinski definition) is 4. The summed E-state index contributed by atoms with van der Waals surface area (Å²) in [6, 6.07) is 0. The molecule has 0 saturated carbocycles. The zero-order valence-corrected chi connectivity index (χ0v) is 7.80. The van der Waals surface area contributed by atoms with E-state index in [4.69, 9.17) is 4.84 Å². The Hall–Kier alpha value is -1.43. The normalized spacial score (nSPS) is 17.0. The second kappa shape index (κ2) is 4.19. The fourth-order valence-electron chi connectivity index (χ4n) is 1.33. The Morgan fingerprint density at radius 3 is 3.07 bits per heavy atom. The van der Waals surface area contributed by atoms with Crippen molar-refractivity contribution in [3.05, 3.63) is 12.7 Å². The standard InChI is InChI=1S/C8H12N4O2/c13-8(5-11-7-9-6-10-11)12-3-1-2-4-14-12/h6-7H,1-5H2. The molecule has 1 aliphatic rings. The SMILES string of the molecule is O=C(Cn1cncn1)N1CCCCO1. The molecule has 2 heterocycles. The monoisotopic (exact) mass is 196 g/mol. The van der Waals surface area contributed by atoms with Gasteiger partial charge in [-0.25, -0.2) is 14.7 Å². The second-order valence-corrected chi connectivity index (χ2v) is 3.13. The van der Waals surface area contributed by atoms with E-state index in [0.29, 0.717) is 13.2 Å². The smallest absolute Gasteiger partial charge is 0.267 e. The molecule has 1 saturated heterocycles. The number of hydrogen-bond donors (Lipinski definition) is 0. The molecule has 0 aliphatic carbocycles. The molecular weight excluding hydrogens is 184 g/mol. The Labute approximate surface area is 81.4 Å². The maximum Gasteiger partial charge on any atom is 0.267 e. The molecule has 1 amide bonds. The summed E-state index contributed by atoms with van der Waals surface area (Å²) in [6.45, 7) is 1.50. The quantitative estimate of drug-likeness (QED) is 0.659. The number of amides is 1.